The minimum atomic E-state index is -0.675. The molecule has 5 heteroatoms. The van der Waals surface area contributed by atoms with E-state index in [0.717, 1.165) is 45.2 Å². The Bertz CT molecular complexity index is 572. The molecule has 2 N–H and O–H groups in total. The zero-order valence-corrected chi connectivity index (χ0v) is 18.7. The average Bonchev–Trinajstić information content (AvgIpc) is 2.93. The van der Waals surface area contributed by atoms with Crippen LogP contribution >= 0.6 is 0 Å². The highest BCUT2D eigenvalue weighted by molar-refractivity contribution is 5.66. The van der Waals surface area contributed by atoms with Crippen molar-refractivity contribution < 1.29 is 19.7 Å². The van der Waals surface area contributed by atoms with Gasteiger partial charge in [0.05, 0.1) is 18.8 Å². The zero-order valence-electron chi connectivity index (χ0n) is 18.7. The van der Waals surface area contributed by atoms with Crippen LogP contribution < -0.4 is 0 Å². The fraction of sp³-hybridized carbons (Fsp3) is 0.720. The molecule has 1 aromatic rings. The fourth-order valence-corrected chi connectivity index (χ4v) is 4.40. The van der Waals surface area contributed by atoms with Crippen molar-refractivity contribution >= 4 is 5.97 Å². The quantitative estimate of drug-likeness (QED) is 0.551. The number of carboxylic acids is 1. The number of unbranched alkanes of at least 4 members (excludes halogenated alkanes) is 3. The van der Waals surface area contributed by atoms with Crippen molar-refractivity contribution in [3.8, 4) is 0 Å². The van der Waals surface area contributed by atoms with Crippen LogP contribution in [-0.4, -0.2) is 52.4 Å². The van der Waals surface area contributed by atoms with E-state index in [9.17, 15) is 9.90 Å². The van der Waals surface area contributed by atoms with Crippen LogP contribution in [0.1, 0.15) is 83.1 Å². The molecule has 5 nitrogen and oxygen atoms in total. The normalized spacial score (nSPS) is 24.7. The monoisotopic (exact) mass is 419 g/mol. The smallest absolute Gasteiger partial charge is 0.303 e. The van der Waals surface area contributed by atoms with Gasteiger partial charge in [0, 0.05) is 18.9 Å². The number of ether oxygens (including phenoxy) is 1. The van der Waals surface area contributed by atoms with Gasteiger partial charge < -0.3 is 14.9 Å². The van der Waals surface area contributed by atoms with Gasteiger partial charge in [0.1, 0.15) is 0 Å². The first-order valence-corrected chi connectivity index (χ1v) is 11.9. The highest BCUT2D eigenvalue weighted by Crippen LogP contribution is 2.29. The third-order valence-electron chi connectivity index (χ3n) is 6.14. The van der Waals surface area contributed by atoms with Crippen molar-refractivity contribution in [1.82, 2.24) is 4.90 Å². The van der Waals surface area contributed by atoms with E-state index >= 15 is 0 Å². The maximum Gasteiger partial charge on any atom is 0.303 e. The number of likely N-dealkylation sites (tertiary alicyclic amines) is 1. The van der Waals surface area contributed by atoms with E-state index < -0.39 is 5.97 Å². The molecule has 1 aliphatic carbocycles. The van der Waals surface area contributed by atoms with Crippen molar-refractivity contribution in [2.75, 3.05) is 13.1 Å². The van der Waals surface area contributed by atoms with Crippen LogP contribution in [0.4, 0.5) is 0 Å². The molecule has 1 aromatic carbocycles. The minimum Gasteiger partial charge on any atom is -0.481 e. The summed E-state index contributed by atoms with van der Waals surface area (Å²) in [6.07, 6.45) is 11.5. The largest absolute Gasteiger partial charge is 0.481 e. The predicted molar refractivity (Wildman–Crippen MR) is 120 cm³/mol. The van der Waals surface area contributed by atoms with E-state index in [0.29, 0.717) is 19.1 Å². The Kier molecular flexibility index (Phi) is 12.0. The first-order chi connectivity index (χ1) is 14.6. The van der Waals surface area contributed by atoms with E-state index in [1.54, 1.807) is 0 Å². The van der Waals surface area contributed by atoms with Gasteiger partial charge in [-0.3, -0.25) is 9.69 Å². The fourth-order valence-electron chi connectivity index (χ4n) is 4.40. The Morgan fingerprint density at radius 3 is 2.37 bits per heavy atom. The lowest BCUT2D eigenvalue weighted by Crippen LogP contribution is -2.41. The molecule has 1 saturated carbocycles. The van der Waals surface area contributed by atoms with Crippen LogP contribution in [-0.2, 0) is 16.1 Å². The van der Waals surface area contributed by atoms with Crippen LogP contribution in [0.5, 0.6) is 0 Å². The first-order valence-electron chi connectivity index (χ1n) is 11.9. The number of nitrogens with zero attached hydrogens (tertiary/aromatic N) is 1. The van der Waals surface area contributed by atoms with Crippen LogP contribution in [0.15, 0.2) is 30.3 Å². The molecule has 0 amide bonds. The molecule has 1 heterocycles. The Morgan fingerprint density at radius 2 is 1.73 bits per heavy atom. The van der Waals surface area contributed by atoms with Crippen molar-refractivity contribution in [3.63, 3.8) is 0 Å². The molecule has 0 radical (unpaired) electrons. The lowest BCUT2D eigenvalue weighted by molar-refractivity contribution is -0.137. The third kappa shape index (κ3) is 9.59. The van der Waals surface area contributed by atoms with Crippen molar-refractivity contribution in [2.45, 2.75) is 102 Å². The first kappa shape index (κ1) is 24.8. The number of benzene rings is 1. The standard InChI is InChI=1S/C18H27NO2.C7H14O2/c20-18-13-16(21-14-15-8-4-3-5-9-15)12-17(18)19-10-6-1-2-7-11-19;1-2-3-4-5-6-7(8)9/h3-5,8-9,16-18,20H,1-2,6-7,10-14H2;2-6H2,1H3,(H,8,9)/t16-,17-,18-;/m0./s1. The van der Waals surface area contributed by atoms with Crippen molar-refractivity contribution in [3.05, 3.63) is 35.9 Å². The lowest BCUT2D eigenvalue weighted by Gasteiger charge is -2.29. The van der Waals surface area contributed by atoms with Gasteiger partial charge in [-0.15, -0.1) is 0 Å². The molecule has 0 aromatic heterocycles. The molecule has 170 valence electrons. The van der Waals surface area contributed by atoms with Crippen LogP contribution in [0.25, 0.3) is 0 Å². The van der Waals surface area contributed by atoms with E-state index in [1.165, 1.54) is 37.7 Å². The highest BCUT2D eigenvalue weighted by atomic mass is 16.5. The van der Waals surface area contributed by atoms with E-state index in [-0.39, 0.29) is 12.2 Å². The van der Waals surface area contributed by atoms with Gasteiger partial charge in [-0.25, -0.2) is 0 Å². The summed E-state index contributed by atoms with van der Waals surface area (Å²) in [5, 5.41) is 18.6. The topological polar surface area (TPSA) is 70.0 Å². The number of aliphatic hydroxyl groups is 1. The van der Waals surface area contributed by atoms with Crippen molar-refractivity contribution in [2.24, 2.45) is 0 Å². The number of hydrogen-bond acceptors (Lipinski definition) is 4. The molecule has 3 rings (SSSR count). The molecule has 1 aliphatic heterocycles. The number of carboxylic acid groups (broad SMARTS) is 1. The predicted octanol–water partition coefficient (Wildman–Crippen LogP) is 5.01. The molecular weight excluding hydrogens is 378 g/mol. The molecule has 0 unspecified atom stereocenters. The molecule has 1 saturated heterocycles. The number of rotatable bonds is 9. The second-order valence-electron chi connectivity index (χ2n) is 8.68. The molecule has 0 bridgehead atoms. The van der Waals surface area contributed by atoms with Gasteiger partial charge in [0.15, 0.2) is 0 Å². The molecular formula is C25H41NO4. The van der Waals surface area contributed by atoms with Gasteiger partial charge in [-0.05, 0) is 44.3 Å². The van der Waals surface area contributed by atoms with Crippen LogP contribution in [0.2, 0.25) is 0 Å². The summed E-state index contributed by atoms with van der Waals surface area (Å²) in [6.45, 7) is 5.06. The summed E-state index contributed by atoms with van der Waals surface area (Å²) in [4.78, 5) is 12.5. The average molecular weight is 420 g/mol. The number of aliphatic hydroxyl groups excluding tert-OH is 1. The number of aliphatic carboxylic acids is 1. The summed E-state index contributed by atoms with van der Waals surface area (Å²) in [5.74, 6) is -0.675. The summed E-state index contributed by atoms with van der Waals surface area (Å²) < 4.78 is 6.03. The molecule has 2 fully saturated rings. The summed E-state index contributed by atoms with van der Waals surface area (Å²) in [6, 6.07) is 10.6. The SMILES string of the molecule is CCCCCCC(=O)O.O[C@H]1C[C@@H](OCc2ccccc2)C[C@@H]1N1CCCCCC1. The summed E-state index contributed by atoms with van der Waals surface area (Å²) in [7, 11) is 0. The van der Waals surface area contributed by atoms with Gasteiger partial charge >= 0.3 is 5.97 Å². The molecule has 30 heavy (non-hydrogen) atoms. The van der Waals surface area contributed by atoms with Crippen LogP contribution in [0.3, 0.4) is 0 Å². The Morgan fingerprint density at radius 1 is 1.03 bits per heavy atom. The van der Waals surface area contributed by atoms with Gasteiger partial charge in [-0.2, -0.15) is 0 Å². The summed E-state index contributed by atoms with van der Waals surface area (Å²) in [5.41, 5.74) is 1.21. The minimum absolute atomic E-state index is 0.202. The van der Waals surface area contributed by atoms with Crippen LogP contribution in [0, 0.1) is 0 Å². The number of hydrogen-bond donors (Lipinski definition) is 2. The van der Waals surface area contributed by atoms with E-state index in [1.807, 2.05) is 18.2 Å². The maximum atomic E-state index is 10.4. The van der Waals surface area contributed by atoms with Gasteiger partial charge in [0.25, 0.3) is 0 Å². The zero-order chi connectivity index (χ0) is 21.6. The lowest BCUT2D eigenvalue weighted by atomic mass is 10.1. The number of carbonyl (C=O) groups is 1. The van der Waals surface area contributed by atoms with Crippen molar-refractivity contribution in [1.29, 1.82) is 0 Å². The molecule has 3 atom stereocenters. The summed E-state index contributed by atoms with van der Waals surface area (Å²) >= 11 is 0. The second-order valence-corrected chi connectivity index (χ2v) is 8.68. The maximum absolute atomic E-state index is 10.4. The van der Waals surface area contributed by atoms with Gasteiger partial charge in [-0.1, -0.05) is 69.4 Å². The van der Waals surface area contributed by atoms with Gasteiger partial charge in [0.2, 0.25) is 0 Å². The molecule has 2 aliphatic rings. The third-order valence-corrected chi connectivity index (χ3v) is 6.14. The second kappa shape index (κ2) is 14.6. The molecule has 0 spiro atoms. The van der Waals surface area contributed by atoms with E-state index in [4.69, 9.17) is 9.84 Å². The Balaban J connectivity index is 0.000000303. The Hall–Kier alpha value is -1.43. The Labute approximate surface area is 182 Å². The van der Waals surface area contributed by atoms with E-state index in [2.05, 4.69) is 24.0 Å². The highest BCUT2D eigenvalue weighted by Gasteiger charge is 2.37.